The van der Waals surface area contributed by atoms with Gasteiger partial charge in [-0.15, -0.1) is 9.99 Å². The molecule has 5 aliphatic heterocycles. The maximum absolute atomic E-state index is 16.6. The van der Waals surface area contributed by atoms with Crippen LogP contribution >= 0.6 is 11.6 Å². The Morgan fingerprint density at radius 1 is 1.02 bits per heavy atom. The van der Waals surface area contributed by atoms with Crippen molar-refractivity contribution in [3.8, 4) is 17.3 Å². The molecule has 7 nitrogen and oxygen atoms in total. The van der Waals surface area contributed by atoms with Crippen molar-refractivity contribution in [2.75, 3.05) is 32.8 Å². The maximum Gasteiger partial charge on any atom is 0.322 e. The highest BCUT2D eigenvalue weighted by atomic mass is 35.5. The van der Waals surface area contributed by atoms with Crippen LogP contribution < -0.4 is 9.33 Å². The Kier molecular flexibility index (Phi) is 4.94. The number of ether oxygens (including phenoxy) is 1. The Bertz CT molecular complexity index is 1680. The van der Waals surface area contributed by atoms with E-state index in [2.05, 4.69) is 9.91 Å². The van der Waals surface area contributed by atoms with Crippen LogP contribution in [0.3, 0.4) is 0 Å². The van der Waals surface area contributed by atoms with E-state index in [1.54, 1.807) is 6.20 Å². The van der Waals surface area contributed by atoms with E-state index in [9.17, 15) is 0 Å². The predicted molar refractivity (Wildman–Crippen MR) is 154 cm³/mol. The van der Waals surface area contributed by atoms with E-state index in [4.69, 9.17) is 31.3 Å². The molecule has 0 radical (unpaired) electrons. The number of fused-ring (bicyclic) bond motifs is 3. The molecule has 0 bridgehead atoms. The van der Waals surface area contributed by atoms with Gasteiger partial charge in [0.1, 0.15) is 48.4 Å². The Morgan fingerprint density at radius 2 is 1.77 bits per heavy atom. The zero-order valence-electron chi connectivity index (χ0n) is 22.3. The van der Waals surface area contributed by atoms with E-state index in [-0.39, 0.29) is 22.8 Å². The van der Waals surface area contributed by atoms with E-state index in [1.807, 2.05) is 36.4 Å². The lowest BCUT2D eigenvalue weighted by molar-refractivity contribution is -0.232. The fourth-order valence-electron chi connectivity index (χ4n) is 8.72. The van der Waals surface area contributed by atoms with Crippen LogP contribution in [0.5, 0.6) is 6.01 Å². The van der Waals surface area contributed by atoms with Crippen LogP contribution in [0.4, 0.5) is 10.2 Å². The van der Waals surface area contributed by atoms with Crippen molar-refractivity contribution in [3.05, 3.63) is 53.4 Å². The molecule has 9 rings (SSSR count). The molecule has 2 unspecified atom stereocenters. The van der Waals surface area contributed by atoms with Crippen LogP contribution in [-0.4, -0.2) is 75.3 Å². The van der Waals surface area contributed by atoms with Crippen LogP contribution in [0.1, 0.15) is 38.5 Å². The molecule has 2 atom stereocenters. The van der Waals surface area contributed by atoms with Gasteiger partial charge in [0.2, 0.25) is 0 Å². The average molecular weight is 558 g/mol. The Labute approximate surface area is 237 Å². The lowest BCUT2D eigenvalue weighted by atomic mass is 9.95. The van der Waals surface area contributed by atoms with Gasteiger partial charge in [-0.3, -0.25) is 9.88 Å². The summed E-state index contributed by atoms with van der Waals surface area (Å²) in [5.74, 6) is 0.379. The average Bonchev–Trinajstić information content (AvgIpc) is 3.55. The normalized spacial score (nSPS) is 28.4. The quantitative estimate of drug-likeness (QED) is 0.292. The third-order valence-electron chi connectivity index (χ3n) is 10.5. The van der Waals surface area contributed by atoms with Gasteiger partial charge in [0.05, 0.1) is 5.54 Å². The van der Waals surface area contributed by atoms with E-state index < -0.39 is 5.82 Å². The zero-order chi connectivity index (χ0) is 26.6. The lowest BCUT2D eigenvalue weighted by Crippen LogP contribution is -2.88. The highest BCUT2D eigenvalue weighted by Crippen LogP contribution is 2.53. The zero-order valence-corrected chi connectivity index (χ0v) is 23.1. The monoisotopic (exact) mass is 557 g/mol. The summed E-state index contributed by atoms with van der Waals surface area (Å²) >= 11 is 6.62. The summed E-state index contributed by atoms with van der Waals surface area (Å²) in [6.45, 7) is 4.81. The molecule has 5 saturated heterocycles. The summed E-state index contributed by atoms with van der Waals surface area (Å²) in [5, 5.41) is 5.53. The number of quaternary nitrogens is 1. The van der Waals surface area contributed by atoms with Gasteiger partial charge >= 0.3 is 6.01 Å². The second kappa shape index (κ2) is 8.32. The minimum absolute atomic E-state index is 0.0609. The number of hydrogen-bond donors (Lipinski definition) is 0. The third-order valence-corrected chi connectivity index (χ3v) is 10.8. The highest BCUT2D eigenvalue weighted by Gasteiger charge is 2.71. The molecule has 0 spiro atoms. The number of pyridine rings is 1. The predicted octanol–water partition coefficient (Wildman–Crippen LogP) is 5.73. The van der Waals surface area contributed by atoms with Crippen molar-refractivity contribution < 1.29 is 9.13 Å². The van der Waals surface area contributed by atoms with Gasteiger partial charge in [-0.05, 0) is 63.1 Å². The highest BCUT2D eigenvalue weighted by molar-refractivity contribution is 6.36. The van der Waals surface area contributed by atoms with E-state index >= 15 is 4.39 Å². The summed E-state index contributed by atoms with van der Waals surface area (Å²) in [6.07, 6.45) is 8.89. The van der Waals surface area contributed by atoms with Gasteiger partial charge in [0.25, 0.3) is 5.82 Å². The summed E-state index contributed by atoms with van der Waals surface area (Å²) in [5.41, 5.74) is 1.25. The van der Waals surface area contributed by atoms with Crippen molar-refractivity contribution in [1.82, 2.24) is 29.5 Å². The van der Waals surface area contributed by atoms with E-state index in [0.29, 0.717) is 39.3 Å². The molecular formula is C31H31ClFN6O+. The number of rotatable bonds is 5. The van der Waals surface area contributed by atoms with Crippen LogP contribution in [0.2, 0.25) is 5.02 Å². The first-order valence-electron chi connectivity index (χ1n) is 14.6. The van der Waals surface area contributed by atoms with Crippen molar-refractivity contribution in [2.45, 2.75) is 56.1 Å². The van der Waals surface area contributed by atoms with Crippen LogP contribution in [0.25, 0.3) is 32.9 Å². The second-order valence-corrected chi connectivity index (χ2v) is 12.8. The Hall–Kier alpha value is -2.91. The lowest BCUT2D eigenvalue weighted by Gasteiger charge is -2.64. The van der Waals surface area contributed by atoms with Gasteiger partial charge in [0.15, 0.2) is 5.82 Å². The molecule has 5 aliphatic rings. The molecule has 0 aliphatic carbocycles. The molecule has 9 heteroatoms. The molecular weight excluding hydrogens is 527 g/mol. The number of aromatic nitrogens is 3. The third kappa shape index (κ3) is 3.08. The summed E-state index contributed by atoms with van der Waals surface area (Å²) in [4.78, 5) is 17.0. The fourth-order valence-corrected chi connectivity index (χ4v) is 9.00. The minimum atomic E-state index is -0.450. The van der Waals surface area contributed by atoms with Crippen molar-refractivity contribution >= 4 is 39.1 Å². The Balaban J connectivity index is 1.20. The first-order chi connectivity index (χ1) is 19.6. The van der Waals surface area contributed by atoms with Crippen molar-refractivity contribution in [1.29, 1.82) is 0 Å². The molecule has 5 fully saturated rings. The molecule has 0 saturated carbocycles. The van der Waals surface area contributed by atoms with Gasteiger partial charge in [-0.25, -0.2) is 4.39 Å². The number of benzene rings is 2. The first-order valence-corrected chi connectivity index (χ1v) is 15.0. The van der Waals surface area contributed by atoms with Crippen LogP contribution in [0, 0.1) is 5.82 Å². The molecule has 2 aromatic heterocycles. The largest absolute Gasteiger partial charge is 0.461 e. The van der Waals surface area contributed by atoms with E-state index in [0.717, 1.165) is 55.6 Å². The van der Waals surface area contributed by atoms with Crippen molar-refractivity contribution in [3.63, 3.8) is 0 Å². The number of halogens is 2. The summed E-state index contributed by atoms with van der Waals surface area (Å²) in [7, 11) is 0. The molecule has 4 aromatic rings. The van der Waals surface area contributed by atoms with Crippen LogP contribution in [-0.2, 0) is 0 Å². The molecule has 40 heavy (non-hydrogen) atoms. The number of piperazine rings is 1. The van der Waals surface area contributed by atoms with Gasteiger partial charge < -0.3 is 4.74 Å². The van der Waals surface area contributed by atoms with Gasteiger partial charge in [0, 0.05) is 22.2 Å². The fraction of sp³-hybridized carbons (Fsp3) is 0.452. The molecule has 204 valence electrons. The van der Waals surface area contributed by atoms with Gasteiger partial charge in [-0.2, -0.15) is 9.58 Å². The number of nitrogens with zero attached hydrogens (tertiary/aromatic N) is 6. The molecule has 2 aromatic carbocycles. The molecule has 0 N–H and O–H groups in total. The minimum Gasteiger partial charge on any atom is -0.461 e. The first kappa shape index (κ1) is 23.8. The Morgan fingerprint density at radius 3 is 2.55 bits per heavy atom. The summed E-state index contributed by atoms with van der Waals surface area (Å²) < 4.78 is 23.7. The van der Waals surface area contributed by atoms with Gasteiger partial charge in [-0.1, -0.05) is 41.9 Å². The number of hydrogen-bond acceptors (Lipinski definition) is 6. The molecule has 0 amide bonds. The van der Waals surface area contributed by atoms with Crippen LogP contribution in [0.15, 0.2) is 42.6 Å². The topological polar surface area (TPSA) is 54.4 Å². The SMILES string of the molecule is Fc1c(-c2cccc3cccc(Cl)c23)ncc2c([N+]34CC5CCC(C3)N54)nc(OCC34CCCN3CCC4)nc12. The van der Waals surface area contributed by atoms with Crippen molar-refractivity contribution in [2.24, 2.45) is 0 Å². The summed E-state index contributed by atoms with van der Waals surface area (Å²) in [6, 6.07) is 13.0. The molecule has 7 heterocycles. The standard InChI is InChI=1S/C31H31ClFN6O/c32-24-8-2-6-19-5-1-7-22(25(19)24)27-26(33)28-23(15-34-27)29(39-16-20-9-10-21(17-39)38(20)39)36-30(35-28)40-18-31-11-3-13-37(31)14-4-12-31/h1-2,5-8,15,20-21H,3-4,9-14,16-18H2/q+1. The smallest absolute Gasteiger partial charge is 0.322 e. The second-order valence-electron chi connectivity index (χ2n) is 12.4. The van der Waals surface area contributed by atoms with E-state index in [1.165, 1.54) is 25.7 Å². The maximum atomic E-state index is 16.6.